The van der Waals surface area contributed by atoms with E-state index in [0.29, 0.717) is 10.7 Å². The largest absolute Gasteiger partial charge is 0.226 e. The normalized spacial score (nSPS) is 13.4. The van der Waals surface area contributed by atoms with E-state index in [4.69, 9.17) is 16.9 Å². The predicted octanol–water partition coefficient (Wildman–Crippen LogP) is 2.78. The van der Waals surface area contributed by atoms with Crippen LogP contribution in [0, 0.1) is 68.6 Å². The fourth-order valence-electron chi connectivity index (χ4n) is 4.41. The minimum atomic E-state index is -2.01. The molecule has 0 radical (unpaired) electrons. The summed E-state index contributed by atoms with van der Waals surface area (Å²) < 4.78 is 58.2. The van der Waals surface area contributed by atoms with Gasteiger partial charge in [0.1, 0.15) is 46.3 Å². The highest BCUT2D eigenvalue weighted by Crippen LogP contribution is 2.31. The van der Waals surface area contributed by atoms with Gasteiger partial charge in [-0.2, -0.15) is 31.0 Å². The molecule has 6 rings (SSSR count). The van der Waals surface area contributed by atoms with Gasteiger partial charge in [0, 0.05) is 5.56 Å². The van der Waals surface area contributed by atoms with Crippen LogP contribution in [-0.2, 0) is 0 Å². The first-order valence-electron chi connectivity index (χ1n) is 12.2. The Morgan fingerprint density at radius 2 is 1.20 bits per heavy atom. The standard InChI is InChI=1S/C29H6ClF4N11/c30-29-44-25(43-28(45-29)15(10-38)27-39-16-3-1-2-4-17(16)40-27)11-5-6-18-24(12(11)7-35)42-26(41-18)13(8-36)19-22(33)20(31)14(9-37)21(32)23(19)34/h1-6H/b26-13+. The van der Waals surface area contributed by atoms with Crippen LogP contribution in [0.2, 0.25) is 5.28 Å². The molecule has 0 aliphatic carbocycles. The summed E-state index contributed by atoms with van der Waals surface area (Å²) >= 11 is 6.16. The fourth-order valence-corrected chi connectivity index (χ4v) is 4.57. The molecular weight excluding hydrogens is 614 g/mol. The van der Waals surface area contributed by atoms with Crippen molar-refractivity contribution in [2.24, 2.45) is 20.0 Å². The molecule has 0 saturated heterocycles. The average Bonchev–Trinajstić information content (AvgIpc) is 3.66. The Bertz CT molecular complexity index is 2490. The minimum Gasteiger partial charge on any atom is -0.226 e. The van der Waals surface area contributed by atoms with Gasteiger partial charge in [-0.3, -0.25) is 0 Å². The molecule has 0 unspecified atom stereocenters. The van der Waals surface area contributed by atoms with Crippen LogP contribution >= 0.6 is 11.6 Å². The van der Waals surface area contributed by atoms with Gasteiger partial charge in [-0.1, -0.05) is 12.1 Å². The smallest absolute Gasteiger partial charge is 0.226 e. The molecule has 16 heteroatoms. The van der Waals surface area contributed by atoms with Gasteiger partial charge in [-0.25, -0.2) is 42.5 Å². The van der Waals surface area contributed by atoms with Crippen molar-refractivity contribution in [2.75, 3.05) is 0 Å². The number of fused-ring (bicyclic) bond motifs is 2. The van der Waals surface area contributed by atoms with Crippen LogP contribution in [0.15, 0.2) is 68.0 Å². The lowest BCUT2D eigenvalue weighted by Gasteiger charge is -2.08. The SMILES string of the molecule is N#CC(=C1N=c2ccccc2=N1)c1nc(Cl)nc(-c2ccc3c(c2C#N)=N/C(=C(\C#N)c2c(F)c(F)c(C#N)c(F)c2F)N=3)n1. The van der Waals surface area contributed by atoms with Gasteiger partial charge in [0.05, 0.1) is 27.2 Å². The topological polar surface area (TPSA) is 183 Å². The number of allylic oxidation sites excluding steroid dienone is 2. The molecule has 0 N–H and O–H groups in total. The van der Waals surface area contributed by atoms with E-state index in [9.17, 15) is 33.3 Å². The fraction of sp³-hybridized carbons (Fsp3) is 0. The zero-order chi connectivity index (χ0) is 32.0. The zero-order valence-electron chi connectivity index (χ0n) is 21.8. The maximum absolute atomic E-state index is 14.8. The Morgan fingerprint density at radius 1 is 0.622 bits per heavy atom. The number of nitrogens with zero attached hydrogens (tertiary/aromatic N) is 11. The van der Waals surface area contributed by atoms with Gasteiger partial charge in [-0.05, 0) is 35.9 Å². The molecule has 0 spiro atoms. The summed E-state index contributed by atoms with van der Waals surface area (Å²) in [4.78, 5) is 29.1. The van der Waals surface area contributed by atoms with Crippen molar-refractivity contribution in [3.05, 3.63) is 121 Å². The summed E-state index contributed by atoms with van der Waals surface area (Å²) in [5, 5.41) is 38.9. The van der Waals surface area contributed by atoms with Crippen LogP contribution in [0.3, 0.4) is 0 Å². The van der Waals surface area contributed by atoms with Crippen molar-refractivity contribution in [1.29, 1.82) is 21.0 Å². The summed E-state index contributed by atoms with van der Waals surface area (Å²) in [5.41, 5.74) is -4.32. The summed E-state index contributed by atoms with van der Waals surface area (Å²) in [6.45, 7) is 0. The number of aromatic nitrogens is 3. The third-order valence-electron chi connectivity index (χ3n) is 6.42. The molecule has 11 nitrogen and oxygen atoms in total. The predicted molar refractivity (Wildman–Crippen MR) is 142 cm³/mol. The van der Waals surface area contributed by atoms with Gasteiger partial charge < -0.3 is 0 Å². The van der Waals surface area contributed by atoms with Crippen molar-refractivity contribution in [3.63, 3.8) is 0 Å². The molecule has 4 aromatic rings. The van der Waals surface area contributed by atoms with Crippen molar-refractivity contribution in [2.45, 2.75) is 0 Å². The van der Waals surface area contributed by atoms with Gasteiger partial charge in [0.15, 0.2) is 46.6 Å². The highest BCUT2D eigenvalue weighted by molar-refractivity contribution is 6.28. The molecule has 3 aromatic carbocycles. The van der Waals surface area contributed by atoms with E-state index in [1.54, 1.807) is 24.3 Å². The van der Waals surface area contributed by atoms with Crippen LogP contribution in [0.1, 0.15) is 22.5 Å². The Balaban J connectivity index is 1.54. The first-order valence-corrected chi connectivity index (χ1v) is 12.6. The van der Waals surface area contributed by atoms with E-state index in [1.807, 2.05) is 12.1 Å². The molecule has 0 amide bonds. The van der Waals surface area contributed by atoms with Crippen molar-refractivity contribution < 1.29 is 17.6 Å². The van der Waals surface area contributed by atoms with Crippen LogP contribution in [-0.4, -0.2) is 15.0 Å². The number of halogens is 5. The second kappa shape index (κ2) is 10.9. The van der Waals surface area contributed by atoms with Gasteiger partial charge in [0.25, 0.3) is 0 Å². The molecule has 2 aliphatic rings. The van der Waals surface area contributed by atoms with E-state index in [2.05, 4.69) is 34.9 Å². The van der Waals surface area contributed by atoms with Crippen LogP contribution < -0.4 is 21.4 Å². The molecule has 212 valence electrons. The summed E-state index contributed by atoms with van der Waals surface area (Å²) in [6, 6.07) is 15.8. The van der Waals surface area contributed by atoms with E-state index in [-0.39, 0.29) is 50.2 Å². The maximum Gasteiger partial charge on any atom is 0.226 e. The monoisotopic (exact) mass is 619 g/mol. The number of nitriles is 4. The lowest BCUT2D eigenvalue weighted by Crippen LogP contribution is -2.25. The summed E-state index contributed by atoms with van der Waals surface area (Å²) in [5.74, 6) is -9.07. The Kier molecular flexibility index (Phi) is 6.87. The molecule has 0 fully saturated rings. The van der Waals surface area contributed by atoms with Crippen LogP contribution in [0.4, 0.5) is 17.6 Å². The molecule has 2 aliphatic heterocycles. The highest BCUT2D eigenvalue weighted by atomic mass is 35.5. The number of rotatable bonds is 3. The Labute approximate surface area is 252 Å². The highest BCUT2D eigenvalue weighted by Gasteiger charge is 2.30. The molecule has 1 aromatic heterocycles. The van der Waals surface area contributed by atoms with E-state index < -0.39 is 45.8 Å². The number of hydrogen-bond acceptors (Lipinski definition) is 11. The molecule has 0 atom stereocenters. The third kappa shape index (κ3) is 4.54. The summed E-state index contributed by atoms with van der Waals surface area (Å²) in [6.07, 6.45) is 0. The average molecular weight is 620 g/mol. The number of benzene rings is 3. The van der Waals surface area contributed by atoms with Gasteiger partial charge in [-0.15, -0.1) is 0 Å². The number of para-hydroxylation sites is 2. The number of hydrogen-bond donors (Lipinski definition) is 0. The molecular formula is C29H6ClF4N11. The van der Waals surface area contributed by atoms with Crippen LogP contribution in [0.25, 0.3) is 22.5 Å². The molecule has 0 bridgehead atoms. The first kappa shape index (κ1) is 28.4. The second-order valence-electron chi connectivity index (χ2n) is 8.89. The van der Waals surface area contributed by atoms with E-state index >= 15 is 0 Å². The maximum atomic E-state index is 14.8. The third-order valence-corrected chi connectivity index (χ3v) is 6.58. The molecule has 45 heavy (non-hydrogen) atoms. The quantitative estimate of drug-likeness (QED) is 0.192. The second-order valence-corrected chi connectivity index (χ2v) is 9.23. The molecule has 0 saturated carbocycles. The van der Waals surface area contributed by atoms with Crippen molar-refractivity contribution in [1.82, 2.24) is 15.0 Å². The first-order chi connectivity index (χ1) is 21.7. The zero-order valence-corrected chi connectivity index (χ0v) is 22.5. The van der Waals surface area contributed by atoms with Crippen molar-refractivity contribution >= 4 is 22.7 Å². The molecule has 3 heterocycles. The Hall–Kier alpha value is -6.68. The lowest BCUT2D eigenvalue weighted by atomic mass is 10.0. The van der Waals surface area contributed by atoms with E-state index in [0.717, 1.165) is 6.07 Å². The van der Waals surface area contributed by atoms with Gasteiger partial charge >= 0.3 is 0 Å². The summed E-state index contributed by atoms with van der Waals surface area (Å²) in [7, 11) is 0. The van der Waals surface area contributed by atoms with Crippen molar-refractivity contribution in [3.8, 4) is 35.7 Å². The van der Waals surface area contributed by atoms with Crippen LogP contribution in [0.5, 0.6) is 0 Å². The van der Waals surface area contributed by atoms with E-state index in [1.165, 1.54) is 18.2 Å². The lowest BCUT2D eigenvalue weighted by molar-refractivity contribution is 0.446. The Morgan fingerprint density at radius 3 is 1.78 bits per heavy atom. The van der Waals surface area contributed by atoms with Gasteiger partial charge in [0.2, 0.25) is 5.28 Å². The minimum absolute atomic E-state index is 0.0132.